The van der Waals surface area contributed by atoms with Gasteiger partial charge >= 0.3 is 0 Å². The van der Waals surface area contributed by atoms with Crippen LogP contribution >= 0.6 is 24.0 Å². The van der Waals surface area contributed by atoms with Crippen LogP contribution < -0.4 is 0 Å². The molecule has 12 heavy (non-hydrogen) atoms. The maximum Gasteiger partial charge on any atom is 0.0489 e. The third kappa shape index (κ3) is 3.00. The fourth-order valence-electron chi connectivity index (χ4n) is 0.856. The second-order valence-electron chi connectivity index (χ2n) is 2.88. The molecular weight excluding hydrogens is 193 g/mol. The average molecular weight is 206 g/mol. The minimum absolute atomic E-state index is 0. The van der Waals surface area contributed by atoms with Gasteiger partial charge in [0.25, 0.3) is 0 Å². The van der Waals surface area contributed by atoms with Crippen LogP contribution in [0.5, 0.6) is 0 Å². The zero-order chi connectivity index (χ0) is 8.27. The number of hydrogen-bond acceptors (Lipinski definition) is 1. The maximum atomic E-state index is 5.62. The molecule has 0 bridgehead atoms. The maximum absolute atomic E-state index is 5.62. The Balaban J connectivity index is 0.00000121. The van der Waals surface area contributed by atoms with Gasteiger partial charge in [0.2, 0.25) is 0 Å². The van der Waals surface area contributed by atoms with E-state index in [1.165, 1.54) is 0 Å². The van der Waals surface area contributed by atoms with Crippen molar-refractivity contribution in [2.75, 3.05) is 0 Å². The van der Waals surface area contributed by atoms with Crippen molar-refractivity contribution in [3.05, 3.63) is 29.6 Å². The molecule has 0 aliphatic carbocycles. The van der Waals surface area contributed by atoms with Crippen LogP contribution in [-0.4, -0.2) is 4.98 Å². The van der Waals surface area contributed by atoms with E-state index in [2.05, 4.69) is 18.8 Å². The van der Waals surface area contributed by atoms with Gasteiger partial charge in [-0.1, -0.05) is 19.9 Å². The van der Waals surface area contributed by atoms with Crippen molar-refractivity contribution in [3.63, 3.8) is 0 Å². The van der Waals surface area contributed by atoms with E-state index >= 15 is 0 Å². The van der Waals surface area contributed by atoms with Crippen LogP contribution in [0.2, 0.25) is 0 Å². The Morgan fingerprint density at radius 1 is 1.42 bits per heavy atom. The van der Waals surface area contributed by atoms with E-state index < -0.39 is 0 Å². The molecule has 1 heterocycles. The summed E-state index contributed by atoms with van der Waals surface area (Å²) in [5.41, 5.74) is 2.20. The van der Waals surface area contributed by atoms with E-state index in [1.54, 1.807) is 0 Å². The summed E-state index contributed by atoms with van der Waals surface area (Å²) in [5, 5.41) is 0. The molecular formula is C9H13Cl2N. The average Bonchev–Trinajstić information content (AvgIpc) is 2.05. The van der Waals surface area contributed by atoms with Crippen LogP contribution in [0.25, 0.3) is 0 Å². The minimum atomic E-state index is 0. The van der Waals surface area contributed by atoms with E-state index in [0.29, 0.717) is 11.8 Å². The van der Waals surface area contributed by atoms with Gasteiger partial charge in [0, 0.05) is 17.8 Å². The van der Waals surface area contributed by atoms with E-state index in [1.807, 2.05) is 18.3 Å². The lowest BCUT2D eigenvalue weighted by Crippen LogP contribution is -1.92. The van der Waals surface area contributed by atoms with Crippen molar-refractivity contribution in [2.45, 2.75) is 25.6 Å². The highest BCUT2D eigenvalue weighted by molar-refractivity contribution is 6.17. The summed E-state index contributed by atoms with van der Waals surface area (Å²) in [5.74, 6) is 1.05. The first-order chi connectivity index (χ1) is 5.24. The molecule has 0 fully saturated rings. The molecule has 0 unspecified atom stereocenters. The van der Waals surface area contributed by atoms with Gasteiger partial charge in [-0.25, -0.2) is 0 Å². The Morgan fingerprint density at radius 2 is 2.08 bits per heavy atom. The summed E-state index contributed by atoms with van der Waals surface area (Å²) in [4.78, 5) is 4.26. The fourth-order valence-corrected chi connectivity index (χ4v) is 1.01. The van der Waals surface area contributed by atoms with E-state index in [9.17, 15) is 0 Å². The molecule has 0 N–H and O–H groups in total. The predicted molar refractivity (Wildman–Crippen MR) is 55.1 cm³/mol. The third-order valence-electron chi connectivity index (χ3n) is 1.59. The topological polar surface area (TPSA) is 12.9 Å². The first kappa shape index (κ1) is 11.7. The largest absolute Gasteiger partial charge is 0.261 e. The van der Waals surface area contributed by atoms with Gasteiger partial charge in [0.15, 0.2) is 0 Å². The van der Waals surface area contributed by atoms with Crippen LogP contribution in [0.4, 0.5) is 0 Å². The van der Waals surface area contributed by atoms with E-state index in [-0.39, 0.29) is 12.4 Å². The first-order valence-electron chi connectivity index (χ1n) is 3.75. The van der Waals surface area contributed by atoms with Crippen molar-refractivity contribution in [3.8, 4) is 0 Å². The molecule has 0 saturated carbocycles. The van der Waals surface area contributed by atoms with Gasteiger partial charge in [-0.2, -0.15) is 0 Å². The summed E-state index contributed by atoms with van der Waals surface area (Å²) >= 11 is 5.62. The molecule has 0 saturated heterocycles. The fraction of sp³-hybridized carbons (Fsp3) is 0.444. The molecule has 0 amide bonds. The number of hydrogen-bond donors (Lipinski definition) is 0. The Labute approximate surface area is 84.6 Å². The molecule has 0 atom stereocenters. The molecule has 68 valence electrons. The molecule has 0 spiro atoms. The van der Waals surface area contributed by atoms with Gasteiger partial charge in [-0.05, 0) is 17.5 Å². The van der Waals surface area contributed by atoms with E-state index in [0.717, 1.165) is 11.3 Å². The minimum Gasteiger partial charge on any atom is -0.261 e. The van der Waals surface area contributed by atoms with Crippen LogP contribution in [0.15, 0.2) is 18.3 Å². The predicted octanol–water partition coefficient (Wildman–Crippen LogP) is 3.37. The Bertz CT molecular complexity index is 218. The number of rotatable bonds is 2. The highest BCUT2D eigenvalue weighted by Gasteiger charge is 1.98. The summed E-state index contributed by atoms with van der Waals surface area (Å²) in [6, 6.07) is 4.05. The Kier molecular flexibility index (Phi) is 5.27. The van der Waals surface area contributed by atoms with Crippen LogP contribution in [-0.2, 0) is 5.88 Å². The SMILES string of the molecule is CC(C)c1ccc(CCl)cn1.Cl. The van der Waals surface area contributed by atoms with Gasteiger partial charge in [0.1, 0.15) is 0 Å². The summed E-state index contributed by atoms with van der Waals surface area (Å²) < 4.78 is 0. The zero-order valence-electron chi connectivity index (χ0n) is 7.25. The number of halogens is 2. The van der Waals surface area contributed by atoms with Gasteiger partial charge in [-0.15, -0.1) is 24.0 Å². The highest BCUT2D eigenvalue weighted by Crippen LogP contribution is 2.11. The second-order valence-corrected chi connectivity index (χ2v) is 3.15. The molecule has 1 rings (SSSR count). The molecule has 1 aromatic heterocycles. The molecule has 0 radical (unpaired) electrons. The molecule has 3 heteroatoms. The number of alkyl halides is 1. The normalized spacial score (nSPS) is 9.67. The number of aromatic nitrogens is 1. The van der Waals surface area contributed by atoms with Crippen LogP contribution in [0.3, 0.4) is 0 Å². The quantitative estimate of drug-likeness (QED) is 0.676. The standard InChI is InChI=1S/C9H12ClN.ClH/c1-7(2)9-4-3-8(5-10)6-11-9;/h3-4,6-7H,5H2,1-2H3;1H. The third-order valence-corrected chi connectivity index (χ3v) is 1.90. The number of nitrogens with zero attached hydrogens (tertiary/aromatic N) is 1. The Morgan fingerprint density at radius 3 is 2.42 bits per heavy atom. The lowest BCUT2D eigenvalue weighted by molar-refractivity contribution is 0.820. The molecule has 0 aliphatic rings. The Hall–Kier alpha value is -0.270. The molecule has 0 aromatic carbocycles. The number of pyridine rings is 1. The highest BCUT2D eigenvalue weighted by atomic mass is 35.5. The molecule has 1 aromatic rings. The van der Waals surface area contributed by atoms with E-state index in [4.69, 9.17) is 11.6 Å². The lowest BCUT2D eigenvalue weighted by Gasteiger charge is -2.03. The van der Waals surface area contributed by atoms with Crippen molar-refractivity contribution >= 4 is 24.0 Å². The second kappa shape index (κ2) is 5.39. The zero-order valence-corrected chi connectivity index (χ0v) is 8.82. The summed E-state index contributed by atoms with van der Waals surface area (Å²) in [6.45, 7) is 4.26. The molecule has 0 aliphatic heterocycles. The van der Waals surface area contributed by atoms with Crippen molar-refractivity contribution < 1.29 is 0 Å². The summed E-state index contributed by atoms with van der Waals surface area (Å²) in [7, 11) is 0. The smallest absolute Gasteiger partial charge is 0.0489 e. The lowest BCUT2D eigenvalue weighted by atomic mass is 10.1. The van der Waals surface area contributed by atoms with Crippen LogP contribution in [0.1, 0.15) is 31.0 Å². The van der Waals surface area contributed by atoms with Crippen molar-refractivity contribution in [1.29, 1.82) is 0 Å². The monoisotopic (exact) mass is 205 g/mol. The summed E-state index contributed by atoms with van der Waals surface area (Å²) in [6.07, 6.45) is 1.84. The van der Waals surface area contributed by atoms with Gasteiger partial charge in [0.05, 0.1) is 0 Å². The molecule has 1 nitrogen and oxygen atoms in total. The van der Waals surface area contributed by atoms with Crippen LogP contribution in [0, 0.1) is 0 Å². The first-order valence-corrected chi connectivity index (χ1v) is 4.28. The van der Waals surface area contributed by atoms with Gasteiger partial charge in [-0.3, -0.25) is 4.98 Å². The van der Waals surface area contributed by atoms with Crippen molar-refractivity contribution in [1.82, 2.24) is 4.98 Å². The van der Waals surface area contributed by atoms with Gasteiger partial charge < -0.3 is 0 Å². The van der Waals surface area contributed by atoms with Crippen molar-refractivity contribution in [2.24, 2.45) is 0 Å².